The quantitative estimate of drug-likeness (QED) is 0.649. The molecule has 0 aliphatic carbocycles. The number of halogens is 1. The number of aromatic nitrogens is 4. The smallest absolute Gasteiger partial charge is 0.252 e. The Morgan fingerprint density at radius 3 is 2.46 bits per heavy atom. The average Bonchev–Trinajstić information content (AvgIpc) is 2.60. The minimum atomic E-state index is -0.349. The molecule has 134 valence electrons. The normalized spacial score (nSPS) is 11.3. The number of benzene rings is 1. The molecule has 7 nitrogen and oxygen atoms in total. The molecule has 0 unspecified atom stereocenters. The molecule has 0 fully saturated rings. The monoisotopic (exact) mass is 354 g/mol. The molecule has 0 aliphatic rings. The van der Waals surface area contributed by atoms with E-state index in [1.165, 1.54) is 18.2 Å². The van der Waals surface area contributed by atoms with Crippen molar-refractivity contribution in [1.82, 2.24) is 20.2 Å². The van der Waals surface area contributed by atoms with Gasteiger partial charge in [-0.15, -0.1) is 10.2 Å². The number of rotatable bonds is 5. The minimum absolute atomic E-state index is 0.0255. The van der Waals surface area contributed by atoms with Crippen LogP contribution in [0.4, 0.5) is 16.2 Å². The molecule has 2 heterocycles. The number of nitrogens with one attached hydrogen (secondary N) is 2. The number of anilines is 2. The zero-order valence-electron chi connectivity index (χ0n) is 14.5. The van der Waals surface area contributed by atoms with E-state index in [9.17, 15) is 9.18 Å². The SMILES string of the molecule is CC(C)(CNc1ccc(-c2cc(=O)[nH]c(N)n2)nn1)c1ccc(F)cc1. The van der Waals surface area contributed by atoms with Gasteiger partial charge in [-0.1, -0.05) is 26.0 Å². The maximum atomic E-state index is 13.1. The van der Waals surface area contributed by atoms with Gasteiger partial charge in [0.05, 0.1) is 5.69 Å². The Bertz CT molecular complexity index is 951. The Labute approximate surface area is 149 Å². The van der Waals surface area contributed by atoms with Crippen molar-refractivity contribution in [1.29, 1.82) is 0 Å². The van der Waals surface area contributed by atoms with E-state index in [1.54, 1.807) is 24.3 Å². The van der Waals surface area contributed by atoms with E-state index in [2.05, 4.69) is 39.3 Å². The Kier molecular flexibility index (Phi) is 4.66. The summed E-state index contributed by atoms with van der Waals surface area (Å²) in [7, 11) is 0. The second kappa shape index (κ2) is 6.91. The molecule has 0 atom stereocenters. The zero-order chi connectivity index (χ0) is 18.7. The Balaban J connectivity index is 1.71. The average molecular weight is 354 g/mol. The van der Waals surface area contributed by atoms with E-state index in [1.807, 2.05) is 0 Å². The fraction of sp³-hybridized carbons (Fsp3) is 0.222. The van der Waals surface area contributed by atoms with Crippen LogP contribution in [-0.2, 0) is 5.41 Å². The molecule has 3 aromatic rings. The molecule has 1 aromatic carbocycles. The summed E-state index contributed by atoms with van der Waals surface area (Å²) in [4.78, 5) is 17.9. The lowest BCUT2D eigenvalue weighted by Crippen LogP contribution is -2.28. The predicted molar refractivity (Wildman–Crippen MR) is 98.2 cm³/mol. The highest BCUT2D eigenvalue weighted by molar-refractivity contribution is 5.55. The second-order valence-electron chi connectivity index (χ2n) is 6.56. The van der Waals surface area contributed by atoms with Gasteiger partial charge in [0.1, 0.15) is 17.3 Å². The summed E-state index contributed by atoms with van der Waals surface area (Å²) in [5.41, 5.74) is 6.78. The third kappa shape index (κ3) is 4.02. The molecule has 8 heteroatoms. The third-order valence-electron chi connectivity index (χ3n) is 4.02. The minimum Gasteiger partial charge on any atom is -0.369 e. The number of nitrogen functional groups attached to an aromatic ring is 1. The number of H-pyrrole nitrogens is 1. The fourth-order valence-electron chi connectivity index (χ4n) is 2.49. The van der Waals surface area contributed by atoms with Crippen LogP contribution in [-0.4, -0.2) is 26.7 Å². The van der Waals surface area contributed by atoms with E-state index < -0.39 is 0 Å². The van der Waals surface area contributed by atoms with Crippen LogP contribution in [0.1, 0.15) is 19.4 Å². The summed E-state index contributed by atoms with van der Waals surface area (Å²) in [6.07, 6.45) is 0. The van der Waals surface area contributed by atoms with Crippen LogP contribution in [0.15, 0.2) is 47.3 Å². The van der Waals surface area contributed by atoms with Gasteiger partial charge in [-0.05, 0) is 29.8 Å². The van der Waals surface area contributed by atoms with Crippen LogP contribution in [0, 0.1) is 5.82 Å². The molecule has 2 aromatic heterocycles. The first kappa shape index (κ1) is 17.5. The van der Waals surface area contributed by atoms with Crippen LogP contribution >= 0.6 is 0 Å². The van der Waals surface area contributed by atoms with Crippen molar-refractivity contribution >= 4 is 11.8 Å². The highest BCUT2D eigenvalue weighted by atomic mass is 19.1. The molecule has 0 bridgehead atoms. The number of aromatic amines is 1. The third-order valence-corrected chi connectivity index (χ3v) is 4.02. The highest BCUT2D eigenvalue weighted by Crippen LogP contribution is 2.24. The van der Waals surface area contributed by atoms with Crippen molar-refractivity contribution in [2.45, 2.75) is 19.3 Å². The van der Waals surface area contributed by atoms with Gasteiger partial charge in [0.25, 0.3) is 5.56 Å². The first-order valence-electron chi connectivity index (χ1n) is 8.04. The van der Waals surface area contributed by atoms with Crippen molar-refractivity contribution in [3.63, 3.8) is 0 Å². The Hall–Kier alpha value is -3.29. The zero-order valence-corrected chi connectivity index (χ0v) is 14.5. The topological polar surface area (TPSA) is 110 Å². The lowest BCUT2D eigenvalue weighted by Gasteiger charge is -2.25. The number of nitrogens with zero attached hydrogens (tertiary/aromatic N) is 3. The first-order chi connectivity index (χ1) is 12.3. The molecular formula is C18H19FN6O. The van der Waals surface area contributed by atoms with Crippen molar-refractivity contribution < 1.29 is 4.39 Å². The van der Waals surface area contributed by atoms with E-state index >= 15 is 0 Å². The van der Waals surface area contributed by atoms with Crippen molar-refractivity contribution in [3.8, 4) is 11.4 Å². The maximum absolute atomic E-state index is 13.1. The molecule has 0 spiro atoms. The molecule has 0 saturated carbocycles. The Morgan fingerprint density at radius 1 is 1.12 bits per heavy atom. The van der Waals surface area contributed by atoms with Gasteiger partial charge in [-0.3, -0.25) is 9.78 Å². The number of hydrogen-bond donors (Lipinski definition) is 3. The summed E-state index contributed by atoms with van der Waals surface area (Å²) in [6.45, 7) is 4.69. The summed E-state index contributed by atoms with van der Waals surface area (Å²) in [5.74, 6) is 0.354. The highest BCUT2D eigenvalue weighted by Gasteiger charge is 2.20. The molecule has 3 rings (SSSR count). The van der Waals surface area contributed by atoms with Crippen molar-refractivity contribution in [3.05, 3.63) is 64.2 Å². The standard InChI is InChI=1S/C18H19FN6O/c1-18(2,11-3-5-12(19)6-4-11)10-21-15-8-7-13(24-25-15)14-9-16(26)23-17(20)22-14/h3-9H,10H2,1-2H3,(H,21,25)(H3,20,22,23,26). The maximum Gasteiger partial charge on any atom is 0.252 e. The van der Waals surface area contributed by atoms with Crippen molar-refractivity contribution in [2.24, 2.45) is 0 Å². The van der Waals surface area contributed by atoms with Gasteiger partial charge >= 0.3 is 0 Å². The van der Waals surface area contributed by atoms with Crippen LogP contribution in [0.25, 0.3) is 11.4 Å². The Morgan fingerprint density at radius 2 is 1.85 bits per heavy atom. The van der Waals surface area contributed by atoms with Gasteiger partial charge in [-0.2, -0.15) is 0 Å². The van der Waals surface area contributed by atoms with Gasteiger partial charge < -0.3 is 11.1 Å². The number of nitrogens with two attached hydrogens (primary N) is 1. The van der Waals surface area contributed by atoms with Gasteiger partial charge in [0.15, 0.2) is 0 Å². The molecule has 26 heavy (non-hydrogen) atoms. The largest absolute Gasteiger partial charge is 0.369 e. The summed E-state index contributed by atoms with van der Waals surface area (Å²) in [6, 6.07) is 11.2. The summed E-state index contributed by atoms with van der Waals surface area (Å²) < 4.78 is 13.1. The van der Waals surface area contributed by atoms with Crippen molar-refractivity contribution in [2.75, 3.05) is 17.6 Å². The van der Waals surface area contributed by atoms with E-state index in [-0.39, 0.29) is 22.7 Å². The number of hydrogen-bond acceptors (Lipinski definition) is 6. The van der Waals surface area contributed by atoms with Crippen LogP contribution in [0.5, 0.6) is 0 Å². The second-order valence-corrected chi connectivity index (χ2v) is 6.56. The van der Waals surface area contributed by atoms with E-state index in [0.29, 0.717) is 23.8 Å². The lowest BCUT2D eigenvalue weighted by molar-refractivity contribution is 0.552. The lowest BCUT2D eigenvalue weighted by atomic mass is 9.84. The molecule has 0 aliphatic heterocycles. The van der Waals surface area contributed by atoms with Crippen LogP contribution in [0.2, 0.25) is 0 Å². The predicted octanol–water partition coefficient (Wildman–Crippen LogP) is 2.34. The molecule has 4 N–H and O–H groups in total. The summed E-state index contributed by atoms with van der Waals surface area (Å²) in [5, 5.41) is 11.4. The van der Waals surface area contributed by atoms with Gasteiger partial charge in [-0.25, -0.2) is 9.37 Å². The van der Waals surface area contributed by atoms with Gasteiger partial charge in [0.2, 0.25) is 5.95 Å². The van der Waals surface area contributed by atoms with E-state index in [4.69, 9.17) is 5.73 Å². The summed E-state index contributed by atoms with van der Waals surface area (Å²) >= 11 is 0. The first-order valence-corrected chi connectivity index (χ1v) is 8.04. The van der Waals surface area contributed by atoms with Crippen LogP contribution in [0.3, 0.4) is 0 Å². The molecular weight excluding hydrogens is 335 g/mol. The fourth-order valence-corrected chi connectivity index (χ4v) is 2.49. The van der Waals surface area contributed by atoms with E-state index in [0.717, 1.165) is 5.56 Å². The van der Waals surface area contributed by atoms with Crippen LogP contribution < -0.4 is 16.6 Å². The van der Waals surface area contributed by atoms with Gasteiger partial charge in [0, 0.05) is 18.0 Å². The molecule has 0 saturated heterocycles. The molecule has 0 radical (unpaired) electrons. The molecule has 0 amide bonds.